The van der Waals surface area contributed by atoms with Gasteiger partial charge in [-0.2, -0.15) is 0 Å². The SMILES string of the molecule is COCCOCCNC(=O)c1ccc(C#CCCO)s1. The van der Waals surface area contributed by atoms with Crippen molar-refractivity contribution in [2.75, 3.05) is 40.1 Å². The maximum absolute atomic E-state index is 11.8. The zero-order valence-electron chi connectivity index (χ0n) is 11.5. The van der Waals surface area contributed by atoms with E-state index in [0.29, 0.717) is 37.7 Å². The molecule has 0 saturated carbocycles. The van der Waals surface area contributed by atoms with E-state index in [1.165, 1.54) is 11.3 Å². The molecular weight excluding hydrogens is 278 g/mol. The first-order valence-corrected chi connectivity index (χ1v) is 7.14. The lowest BCUT2D eigenvalue weighted by atomic mass is 10.4. The second-order valence-electron chi connectivity index (χ2n) is 3.80. The summed E-state index contributed by atoms with van der Waals surface area (Å²) in [6.07, 6.45) is 0.443. The molecule has 5 nitrogen and oxygen atoms in total. The van der Waals surface area contributed by atoms with Crippen molar-refractivity contribution in [3.8, 4) is 11.8 Å². The minimum Gasteiger partial charge on any atom is -0.395 e. The first kappa shape index (κ1) is 16.7. The summed E-state index contributed by atoms with van der Waals surface area (Å²) in [4.78, 5) is 13.2. The molecule has 2 N–H and O–H groups in total. The summed E-state index contributed by atoms with van der Waals surface area (Å²) in [6.45, 7) is 2.05. The van der Waals surface area contributed by atoms with Crippen molar-refractivity contribution in [3.05, 3.63) is 21.9 Å². The smallest absolute Gasteiger partial charge is 0.261 e. The van der Waals surface area contributed by atoms with E-state index in [-0.39, 0.29) is 12.5 Å². The molecule has 0 aliphatic carbocycles. The number of thiophene rings is 1. The van der Waals surface area contributed by atoms with E-state index in [9.17, 15) is 4.79 Å². The van der Waals surface area contributed by atoms with Crippen LogP contribution in [0.15, 0.2) is 12.1 Å². The Hall–Kier alpha value is -1.39. The molecule has 110 valence electrons. The van der Waals surface area contributed by atoms with Crippen LogP contribution in [0, 0.1) is 11.8 Å². The molecule has 1 heterocycles. The second-order valence-corrected chi connectivity index (χ2v) is 4.88. The molecule has 1 aromatic rings. The van der Waals surface area contributed by atoms with Gasteiger partial charge in [-0.15, -0.1) is 11.3 Å². The van der Waals surface area contributed by atoms with Crippen LogP contribution < -0.4 is 5.32 Å². The van der Waals surface area contributed by atoms with Crippen LogP contribution in [-0.2, 0) is 9.47 Å². The quantitative estimate of drug-likeness (QED) is 0.552. The topological polar surface area (TPSA) is 67.8 Å². The first-order valence-electron chi connectivity index (χ1n) is 6.32. The number of amides is 1. The molecule has 20 heavy (non-hydrogen) atoms. The van der Waals surface area contributed by atoms with Crippen molar-refractivity contribution in [1.82, 2.24) is 5.32 Å². The molecule has 0 saturated heterocycles. The average Bonchev–Trinajstić information content (AvgIpc) is 2.92. The number of aliphatic hydroxyl groups is 1. The van der Waals surface area contributed by atoms with E-state index in [0.717, 1.165) is 4.88 Å². The fourth-order valence-corrected chi connectivity index (χ4v) is 2.10. The highest BCUT2D eigenvalue weighted by Gasteiger charge is 2.07. The highest BCUT2D eigenvalue weighted by Crippen LogP contribution is 2.15. The molecule has 0 radical (unpaired) electrons. The van der Waals surface area contributed by atoms with E-state index in [1.54, 1.807) is 19.2 Å². The van der Waals surface area contributed by atoms with Gasteiger partial charge in [0.2, 0.25) is 0 Å². The van der Waals surface area contributed by atoms with Gasteiger partial charge in [0, 0.05) is 20.1 Å². The van der Waals surface area contributed by atoms with Gasteiger partial charge in [-0.1, -0.05) is 11.8 Å². The standard InChI is InChI=1S/C14H19NO4S/c1-18-10-11-19-9-7-15-14(17)13-6-5-12(20-13)4-2-3-8-16/h5-6,16H,3,7-11H2,1H3,(H,15,17). The molecule has 0 atom stereocenters. The third kappa shape index (κ3) is 6.68. The van der Waals surface area contributed by atoms with Gasteiger partial charge in [-0.3, -0.25) is 4.79 Å². The van der Waals surface area contributed by atoms with Gasteiger partial charge in [0.25, 0.3) is 5.91 Å². The van der Waals surface area contributed by atoms with Crippen LogP contribution in [0.4, 0.5) is 0 Å². The maximum atomic E-state index is 11.8. The predicted octanol–water partition coefficient (Wildman–Crippen LogP) is 0.875. The number of rotatable bonds is 8. The van der Waals surface area contributed by atoms with E-state index in [4.69, 9.17) is 14.6 Å². The average molecular weight is 297 g/mol. The van der Waals surface area contributed by atoms with Crippen molar-refractivity contribution < 1.29 is 19.4 Å². The zero-order valence-corrected chi connectivity index (χ0v) is 12.3. The second kappa shape index (κ2) is 10.4. The van der Waals surface area contributed by atoms with Gasteiger partial charge in [0.15, 0.2) is 0 Å². The van der Waals surface area contributed by atoms with Crippen molar-refractivity contribution in [2.45, 2.75) is 6.42 Å². The molecule has 0 aliphatic rings. The van der Waals surface area contributed by atoms with E-state index in [1.807, 2.05) is 0 Å². The number of methoxy groups -OCH3 is 1. The van der Waals surface area contributed by atoms with E-state index >= 15 is 0 Å². The minimum absolute atomic E-state index is 0.0504. The molecule has 0 unspecified atom stereocenters. The predicted molar refractivity (Wildman–Crippen MR) is 77.9 cm³/mol. The number of nitrogens with one attached hydrogen (secondary N) is 1. The van der Waals surface area contributed by atoms with Crippen LogP contribution >= 0.6 is 11.3 Å². The molecule has 0 fully saturated rings. The van der Waals surface area contributed by atoms with Crippen LogP contribution in [0.25, 0.3) is 0 Å². The van der Waals surface area contributed by atoms with Crippen LogP contribution in [0.2, 0.25) is 0 Å². The fourth-order valence-electron chi connectivity index (χ4n) is 1.30. The molecule has 0 aromatic carbocycles. The Bertz CT molecular complexity index is 461. The number of hydrogen-bond donors (Lipinski definition) is 2. The van der Waals surface area contributed by atoms with Crippen molar-refractivity contribution in [2.24, 2.45) is 0 Å². The van der Waals surface area contributed by atoms with Crippen LogP contribution in [0.3, 0.4) is 0 Å². The van der Waals surface area contributed by atoms with Gasteiger partial charge < -0.3 is 19.9 Å². The van der Waals surface area contributed by atoms with Crippen molar-refractivity contribution >= 4 is 17.2 Å². The van der Waals surface area contributed by atoms with Gasteiger partial charge in [0.05, 0.1) is 36.2 Å². The largest absolute Gasteiger partial charge is 0.395 e. The third-order valence-corrected chi connectivity index (χ3v) is 3.24. The lowest BCUT2D eigenvalue weighted by Crippen LogP contribution is -2.26. The Balaban J connectivity index is 2.28. The molecule has 1 amide bonds. The summed E-state index contributed by atoms with van der Waals surface area (Å²) in [6, 6.07) is 3.55. The molecule has 1 aromatic heterocycles. The van der Waals surface area contributed by atoms with Crippen molar-refractivity contribution in [3.63, 3.8) is 0 Å². The molecule has 6 heteroatoms. The summed E-state index contributed by atoms with van der Waals surface area (Å²) < 4.78 is 10.1. The molecule has 0 bridgehead atoms. The monoisotopic (exact) mass is 297 g/mol. The summed E-state index contributed by atoms with van der Waals surface area (Å²) in [5, 5.41) is 11.4. The summed E-state index contributed by atoms with van der Waals surface area (Å²) in [7, 11) is 1.61. The fraction of sp³-hybridized carbons (Fsp3) is 0.500. The molecule has 0 aliphatic heterocycles. The third-order valence-electron chi connectivity index (χ3n) is 2.24. The minimum atomic E-state index is -0.124. The normalized spacial score (nSPS) is 9.90. The number of carbonyl (C=O) groups is 1. The lowest BCUT2D eigenvalue weighted by Gasteiger charge is -2.04. The summed E-state index contributed by atoms with van der Waals surface area (Å²) >= 11 is 1.34. The van der Waals surface area contributed by atoms with E-state index < -0.39 is 0 Å². The van der Waals surface area contributed by atoms with Gasteiger partial charge >= 0.3 is 0 Å². The molecule has 0 spiro atoms. The molecule has 1 rings (SSSR count). The van der Waals surface area contributed by atoms with Crippen LogP contribution in [0.1, 0.15) is 21.0 Å². The summed E-state index contributed by atoms with van der Waals surface area (Å²) in [5.41, 5.74) is 0. The Morgan fingerprint density at radius 2 is 2.25 bits per heavy atom. The Labute approximate surface area is 122 Å². The highest BCUT2D eigenvalue weighted by atomic mass is 32.1. The van der Waals surface area contributed by atoms with E-state index in [2.05, 4.69) is 17.2 Å². The van der Waals surface area contributed by atoms with Crippen LogP contribution in [0.5, 0.6) is 0 Å². The van der Waals surface area contributed by atoms with Gasteiger partial charge in [-0.25, -0.2) is 0 Å². The highest BCUT2D eigenvalue weighted by molar-refractivity contribution is 7.14. The van der Waals surface area contributed by atoms with Gasteiger partial charge in [-0.05, 0) is 12.1 Å². The maximum Gasteiger partial charge on any atom is 0.261 e. The number of ether oxygens (including phenoxy) is 2. The lowest BCUT2D eigenvalue weighted by molar-refractivity contribution is 0.0693. The Morgan fingerprint density at radius 3 is 3.00 bits per heavy atom. The number of hydrogen-bond acceptors (Lipinski definition) is 5. The Morgan fingerprint density at radius 1 is 1.40 bits per heavy atom. The molecular formula is C14H19NO4S. The number of aliphatic hydroxyl groups excluding tert-OH is 1. The Kier molecular flexibility index (Phi) is 8.67. The number of carbonyl (C=O) groups excluding carboxylic acids is 1. The summed E-state index contributed by atoms with van der Waals surface area (Å²) in [5.74, 6) is 5.60. The van der Waals surface area contributed by atoms with Crippen molar-refractivity contribution in [1.29, 1.82) is 0 Å². The van der Waals surface area contributed by atoms with Gasteiger partial charge in [0.1, 0.15) is 0 Å². The zero-order chi connectivity index (χ0) is 14.6. The first-order chi connectivity index (χ1) is 9.77. The van der Waals surface area contributed by atoms with Crippen LogP contribution in [-0.4, -0.2) is 51.1 Å².